The van der Waals surface area contributed by atoms with Crippen LogP contribution in [0.3, 0.4) is 0 Å². The van der Waals surface area contributed by atoms with Gasteiger partial charge in [-0.15, -0.1) is 0 Å². The van der Waals surface area contributed by atoms with Gasteiger partial charge in [-0.1, -0.05) is 23.8 Å². The van der Waals surface area contributed by atoms with Gasteiger partial charge in [0, 0.05) is 0 Å². The third kappa shape index (κ3) is 3.70. The van der Waals surface area contributed by atoms with Gasteiger partial charge in [0.2, 0.25) is 5.91 Å². The van der Waals surface area contributed by atoms with E-state index in [-0.39, 0.29) is 23.7 Å². The molecule has 1 N–H and O–H groups in total. The second kappa shape index (κ2) is 4.43. The summed E-state index contributed by atoms with van der Waals surface area (Å²) in [5.41, 5.74) is 0.883. The van der Waals surface area contributed by atoms with Crippen molar-refractivity contribution in [3.8, 4) is 0 Å². The molecule has 0 spiro atoms. The molecule has 0 aromatic carbocycles. The summed E-state index contributed by atoms with van der Waals surface area (Å²) < 4.78 is 0. The zero-order valence-electron chi connectivity index (χ0n) is 9.46. The lowest BCUT2D eigenvalue weighted by Crippen LogP contribution is -2.45. The van der Waals surface area contributed by atoms with Crippen LogP contribution in [-0.4, -0.2) is 17.2 Å². The van der Waals surface area contributed by atoms with Crippen molar-refractivity contribution >= 4 is 11.7 Å². The van der Waals surface area contributed by atoms with E-state index in [0.717, 1.165) is 6.42 Å². The average Bonchev–Trinajstić information content (AvgIpc) is 1.99. The summed E-state index contributed by atoms with van der Waals surface area (Å²) in [6.45, 7) is 5.40. The maximum Gasteiger partial charge on any atom is 0.228 e. The van der Waals surface area contributed by atoms with Crippen molar-refractivity contribution in [1.82, 2.24) is 5.32 Å². The number of hydrogen-bond donors (Lipinski definition) is 1. The van der Waals surface area contributed by atoms with E-state index in [2.05, 4.69) is 5.32 Å². The number of hydrogen-bond acceptors (Lipinski definition) is 2. The summed E-state index contributed by atoms with van der Waals surface area (Å²) in [5.74, 6) is -0.312. The quantitative estimate of drug-likeness (QED) is 0.716. The number of ketones is 1. The highest BCUT2D eigenvalue weighted by Crippen LogP contribution is 2.22. The molecule has 1 aliphatic carbocycles. The summed E-state index contributed by atoms with van der Waals surface area (Å²) >= 11 is 0. The zero-order chi connectivity index (χ0) is 11.5. The van der Waals surface area contributed by atoms with Gasteiger partial charge in [-0.3, -0.25) is 9.59 Å². The van der Waals surface area contributed by atoms with E-state index in [1.54, 1.807) is 0 Å². The standard InChI is InChI=1S/C12H17NO2/c1-9-5-4-6-12(3,8-9)13-11(15)7-10(2)14/h4-6H,7-8H2,1-3H3,(H,13,15). The van der Waals surface area contributed by atoms with Crippen molar-refractivity contribution in [3.63, 3.8) is 0 Å². The molecular weight excluding hydrogens is 190 g/mol. The third-order valence-electron chi connectivity index (χ3n) is 2.33. The Bertz CT molecular complexity index is 342. The molecule has 1 amide bonds. The molecule has 1 atom stereocenters. The molecule has 3 heteroatoms. The van der Waals surface area contributed by atoms with Crippen LogP contribution in [0.25, 0.3) is 0 Å². The number of amides is 1. The SMILES string of the molecule is CC(=O)CC(=O)NC1(C)C=CC=C(C)C1. The lowest BCUT2D eigenvalue weighted by Gasteiger charge is -2.30. The second-order valence-corrected chi connectivity index (χ2v) is 4.39. The van der Waals surface area contributed by atoms with Gasteiger partial charge in [0.15, 0.2) is 0 Å². The minimum Gasteiger partial charge on any atom is -0.347 e. The van der Waals surface area contributed by atoms with Gasteiger partial charge in [0.1, 0.15) is 5.78 Å². The lowest BCUT2D eigenvalue weighted by atomic mass is 9.89. The molecule has 0 radical (unpaired) electrons. The monoisotopic (exact) mass is 207 g/mol. The highest BCUT2D eigenvalue weighted by atomic mass is 16.2. The van der Waals surface area contributed by atoms with E-state index in [0.29, 0.717) is 0 Å². The predicted octanol–water partition coefficient (Wildman–Crippen LogP) is 1.75. The van der Waals surface area contributed by atoms with Crippen LogP contribution in [0.2, 0.25) is 0 Å². The van der Waals surface area contributed by atoms with Crippen LogP contribution < -0.4 is 5.32 Å². The van der Waals surface area contributed by atoms with Gasteiger partial charge >= 0.3 is 0 Å². The molecule has 1 rings (SSSR count). The number of carbonyl (C=O) groups is 2. The number of Topliss-reactive ketones (excluding diaryl/α,β-unsaturated/α-hetero) is 1. The van der Waals surface area contributed by atoms with Crippen molar-refractivity contribution in [2.75, 3.05) is 0 Å². The van der Waals surface area contributed by atoms with Gasteiger partial charge < -0.3 is 5.32 Å². The van der Waals surface area contributed by atoms with E-state index in [9.17, 15) is 9.59 Å². The molecule has 0 bridgehead atoms. The van der Waals surface area contributed by atoms with Crippen molar-refractivity contribution in [2.24, 2.45) is 0 Å². The average molecular weight is 207 g/mol. The topological polar surface area (TPSA) is 46.2 Å². The Morgan fingerprint density at radius 3 is 2.73 bits per heavy atom. The largest absolute Gasteiger partial charge is 0.347 e. The first-order valence-corrected chi connectivity index (χ1v) is 5.07. The Morgan fingerprint density at radius 1 is 1.53 bits per heavy atom. The minimum absolute atomic E-state index is 0.0355. The molecule has 1 aliphatic rings. The van der Waals surface area contributed by atoms with Crippen molar-refractivity contribution in [3.05, 3.63) is 23.8 Å². The highest BCUT2D eigenvalue weighted by Gasteiger charge is 2.25. The summed E-state index contributed by atoms with van der Waals surface area (Å²) in [6, 6.07) is 0. The number of carbonyl (C=O) groups excluding carboxylic acids is 2. The fourth-order valence-corrected chi connectivity index (χ4v) is 1.80. The van der Waals surface area contributed by atoms with E-state index in [4.69, 9.17) is 0 Å². The third-order valence-corrected chi connectivity index (χ3v) is 2.33. The normalized spacial score (nSPS) is 24.6. The smallest absolute Gasteiger partial charge is 0.228 e. The maximum atomic E-state index is 11.4. The van der Waals surface area contributed by atoms with Crippen LogP contribution in [0.15, 0.2) is 23.8 Å². The molecular formula is C12H17NO2. The predicted molar refractivity (Wildman–Crippen MR) is 59.4 cm³/mol. The zero-order valence-corrected chi connectivity index (χ0v) is 9.46. The van der Waals surface area contributed by atoms with E-state index < -0.39 is 0 Å². The highest BCUT2D eigenvalue weighted by molar-refractivity contribution is 5.97. The van der Waals surface area contributed by atoms with Crippen LogP contribution in [0.5, 0.6) is 0 Å². The van der Waals surface area contributed by atoms with E-state index >= 15 is 0 Å². The van der Waals surface area contributed by atoms with Gasteiger partial charge in [0.05, 0.1) is 12.0 Å². The molecule has 1 unspecified atom stereocenters. The van der Waals surface area contributed by atoms with Crippen LogP contribution in [-0.2, 0) is 9.59 Å². The van der Waals surface area contributed by atoms with Crippen molar-refractivity contribution < 1.29 is 9.59 Å². The minimum atomic E-state index is -0.342. The Morgan fingerprint density at radius 2 is 2.20 bits per heavy atom. The van der Waals surface area contributed by atoms with Crippen LogP contribution in [0, 0.1) is 0 Å². The van der Waals surface area contributed by atoms with Crippen LogP contribution in [0.4, 0.5) is 0 Å². The first kappa shape index (κ1) is 11.7. The maximum absolute atomic E-state index is 11.4. The first-order chi connectivity index (χ1) is 6.91. The number of rotatable bonds is 3. The van der Waals surface area contributed by atoms with Gasteiger partial charge in [-0.25, -0.2) is 0 Å². The van der Waals surface area contributed by atoms with Crippen molar-refractivity contribution in [1.29, 1.82) is 0 Å². The summed E-state index contributed by atoms with van der Waals surface area (Å²) in [5, 5.41) is 2.87. The van der Waals surface area contributed by atoms with Crippen LogP contribution in [0.1, 0.15) is 33.6 Å². The fraction of sp³-hybridized carbons (Fsp3) is 0.500. The summed E-state index contributed by atoms with van der Waals surface area (Å²) in [7, 11) is 0. The molecule has 0 aromatic rings. The Labute approximate surface area is 90.2 Å². The fourth-order valence-electron chi connectivity index (χ4n) is 1.80. The van der Waals surface area contributed by atoms with Crippen LogP contribution >= 0.6 is 0 Å². The van der Waals surface area contributed by atoms with E-state index in [1.807, 2.05) is 32.1 Å². The first-order valence-electron chi connectivity index (χ1n) is 5.07. The van der Waals surface area contributed by atoms with Gasteiger partial charge in [0.25, 0.3) is 0 Å². The molecule has 15 heavy (non-hydrogen) atoms. The Kier molecular flexibility index (Phi) is 3.45. The molecule has 0 fully saturated rings. The number of allylic oxidation sites excluding steroid dienone is 2. The second-order valence-electron chi connectivity index (χ2n) is 4.39. The van der Waals surface area contributed by atoms with E-state index in [1.165, 1.54) is 12.5 Å². The molecule has 0 saturated carbocycles. The summed E-state index contributed by atoms with van der Waals surface area (Å²) in [4.78, 5) is 22.2. The molecule has 0 aromatic heterocycles. The number of nitrogens with one attached hydrogen (secondary N) is 1. The van der Waals surface area contributed by atoms with Gasteiger partial charge in [-0.05, 0) is 27.2 Å². The molecule has 0 saturated heterocycles. The molecule has 0 heterocycles. The Balaban J connectivity index is 2.58. The summed E-state index contributed by atoms with van der Waals surface area (Å²) in [6.07, 6.45) is 6.68. The molecule has 3 nitrogen and oxygen atoms in total. The molecule has 0 aliphatic heterocycles. The lowest BCUT2D eigenvalue weighted by molar-refractivity contribution is -0.128. The Hall–Kier alpha value is -1.38. The van der Waals surface area contributed by atoms with Gasteiger partial charge in [-0.2, -0.15) is 0 Å². The molecule has 82 valence electrons. The van der Waals surface area contributed by atoms with Crippen molar-refractivity contribution in [2.45, 2.75) is 39.2 Å².